The van der Waals surface area contributed by atoms with E-state index in [2.05, 4.69) is 10.3 Å². The number of nitro groups is 1. The number of nitro benzene ring substituents is 1. The van der Waals surface area contributed by atoms with Crippen molar-refractivity contribution in [3.63, 3.8) is 0 Å². The van der Waals surface area contributed by atoms with Crippen LogP contribution in [0.25, 0.3) is 0 Å². The van der Waals surface area contributed by atoms with Gasteiger partial charge >= 0.3 is 0 Å². The first-order chi connectivity index (χ1) is 8.66. The number of non-ortho nitro benzene ring substituents is 1. The van der Waals surface area contributed by atoms with Crippen molar-refractivity contribution in [2.45, 2.75) is 13.0 Å². The molecule has 2 aromatic rings. The van der Waals surface area contributed by atoms with Crippen molar-refractivity contribution in [1.82, 2.24) is 4.98 Å². The lowest BCUT2D eigenvalue weighted by Crippen LogP contribution is -2.07. The zero-order valence-electron chi connectivity index (χ0n) is 9.91. The summed E-state index contributed by atoms with van der Waals surface area (Å²) in [5, 5.41) is 13.9. The van der Waals surface area contributed by atoms with Gasteiger partial charge in [-0.15, -0.1) is 0 Å². The Bertz CT molecular complexity index is 543. The van der Waals surface area contributed by atoms with Crippen LogP contribution in [0.2, 0.25) is 0 Å². The fourth-order valence-electron chi connectivity index (χ4n) is 1.69. The Hall–Kier alpha value is -2.43. The molecular formula is C13H13N3O2. The van der Waals surface area contributed by atoms with Crippen LogP contribution in [0.4, 0.5) is 11.4 Å². The molecule has 2 rings (SSSR count). The molecule has 1 heterocycles. The molecule has 5 heteroatoms. The van der Waals surface area contributed by atoms with Crippen molar-refractivity contribution in [2.24, 2.45) is 0 Å². The molecule has 0 bridgehead atoms. The van der Waals surface area contributed by atoms with E-state index >= 15 is 0 Å². The first-order valence-corrected chi connectivity index (χ1v) is 5.58. The molecule has 0 radical (unpaired) electrons. The monoisotopic (exact) mass is 243 g/mol. The van der Waals surface area contributed by atoms with Gasteiger partial charge in [0, 0.05) is 30.6 Å². The summed E-state index contributed by atoms with van der Waals surface area (Å²) < 4.78 is 0. The maximum absolute atomic E-state index is 10.7. The van der Waals surface area contributed by atoms with Crippen molar-refractivity contribution in [3.8, 4) is 0 Å². The molecule has 1 aromatic carbocycles. The second kappa shape index (κ2) is 5.27. The summed E-state index contributed by atoms with van der Waals surface area (Å²) in [6.07, 6.45) is 3.41. The number of anilines is 1. The molecule has 0 spiro atoms. The van der Waals surface area contributed by atoms with Crippen molar-refractivity contribution >= 4 is 11.4 Å². The van der Waals surface area contributed by atoms with Gasteiger partial charge in [0.15, 0.2) is 0 Å². The summed E-state index contributed by atoms with van der Waals surface area (Å²) in [4.78, 5) is 14.3. The van der Waals surface area contributed by atoms with Crippen molar-refractivity contribution < 1.29 is 4.92 Å². The molecule has 1 N–H and O–H groups in total. The molecule has 92 valence electrons. The number of aromatic nitrogens is 1. The molecule has 1 atom stereocenters. The molecule has 5 nitrogen and oxygen atoms in total. The standard InChI is InChI=1S/C13H13N3O2/c1-10(15-12-5-3-7-14-9-12)11-4-2-6-13(8-11)16(17)18/h2-10,15H,1H3. The number of rotatable bonds is 4. The quantitative estimate of drug-likeness (QED) is 0.661. The van der Waals surface area contributed by atoms with Crippen LogP contribution in [0.3, 0.4) is 0 Å². The highest BCUT2D eigenvalue weighted by Crippen LogP contribution is 2.22. The molecule has 0 saturated heterocycles. The van der Waals surface area contributed by atoms with E-state index in [1.165, 1.54) is 6.07 Å². The smallest absolute Gasteiger partial charge is 0.269 e. The number of nitrogens with zero attached hydrogens (tertiary/aromatic N) is 2. The van der Waals surface area contributed by atoms with Crippen LogP contribution >= 0.6 is 0 Å². The second-order valence-electron chi connectivity index (χ2n) is 3.96. The van der Waals surface area contributed by atoms with Crippen LogP contribution in [0.15, 0.2) is 48.8 Å². The second-order valence-corrected chi connectivity index (χ2v) is 3.96. The third-order valence-electron chi connectivity index (χ3n) is 2.63. The summed E-state index contributed by atoms with van der Waals surface area (Å²) in [7, 11) is 0. The van der Waals surface area contributed by atoms with Gasteiger partial charge in [0.05, 0.1) is 10.6 Å². The molecule has 0 fully saturated rings. The average Bonchev–Trinajstić information content (AvgIpc) is 2.40. The van der Waals surface area contributed by atoms with E-state index in [-0.39, 0.29) is 16.7 Å². The fraction of sp³-hybridized carbons (Fsp3) is 0.154. The Kier molecular flexibility index (Phi) is 3.52. The number of benzene rings is 1. The van der Waals surface area contributed by atoms with E-state index in [0.29, 0.717) is 0 Å². The van der Waals surface area contributed by atoms with Gasteiger partial charge in [0.25, 0.3) is 5.69 Å². The van der Waals surface area contributed by atoms with Crippen LogP contribution in [0, 0.1) is 10.1 Å². The molecule has 0 aliphatic carbocycles. The molecular weight excluding hydrogens is 230 g/mol. The Morgan fingerprint density at radius 3 is 2.83 bits per heavy atom. The molecule has 1 aromatic heterocycles. The van der Waals surface area contributed by atoms with E-state index in [4.69, 9.17) is 0 Å². The SMILES string of the molecule is CC(Nc1cccnc1)c1cccc([N+](=O)[O-])c1. The lowest BCUT2D eigenvalue weighted by Gasteiger charge is -2.15. The first kappa shape index (κ1) is 12.0. The third-order valence-corrected chi connectivity index (χ3v) is 2.63. The normalized spacial score (nSPS) is 11.8. The maximum atomic E-state index is 10.7. The number of pyridine rings is 1. The van der Waals surface area contributed by atoms with Crippen LogP contribution in [-0.2, 0) is 0 Å². The summed E-state index contributed by atoms with van der Waals surface area (Å²) in [5.74, 6) is 0. The van der Waals surface area contributed by atoms with Crippen molar-refractivity contribution in [3.05, 3.63) is 64.5 Å². The van der Waals surface area contributed by atoms with Crippen LogP contribution in [-0.4, -0.2) is 9.91 Å². The average molecular weight is 243 g/mol. The molecule has 0 amide bonds. The summed E-state index contributed by atoms with van der Waals surface area (Å²) >= 11 is 0. The number of hydrogen-bond acceptors (Lipinski definition) is 4. The minimum atomic E-state index is -0.389. The third kappa shape index (κ3) is 2.82. The number of hydrogen-bond donors (Lipinski definition) is 1. The molecule has 1 unspecified atom stereocenters. The molecule has 18 heavy (non-hydrogen) atoms. The van der Waals surface area contributed by atoms with Gasteiger partial charge in [-0.05, 0) is 24.6 Å². The predicted octanol–water partition coefficient (Wildman–Crippen LogP) is 3.16. The maximum Gasteiger partial charge on any atom is 0.269 e. The lowest BCUT2D eigenvalue weighted by molar-refractivity contribution is -0.384. The lowest BCUT2D eigenvalue weighted by atomic mass is 10.1. The summed E-state index contributed by atoms with van der Waals surface area (Å²) in [5.41, 5.74) is 1.86. The fourth-order valence-corrected chi connectivity index (χ4v) is 1.69. The van der Waals surface area contributed by atoms with Gasteiger partial charge in [-0.2, -0.15) is 0 Å². The Labute approximate surface area is 105 Å². The van der Waals surface area contributed by atoms with Gasteiger partial charge in [-0.3, -0.25) is 15.1 Å². The Morgan fingerprint density at radius 2 is 2.17 bits per heavy atom. The van der Waals surface area contributed by atoms with E-state index in [9.17, 15) is 10.1 Å². The zero-order valence-corrected chi connectivity index (χ0v) is 9.91. The zero-order chi connectivity index (χ0) is 13.0. The highest BCUT2D eigenvalue weighted by Gasteiger charge is 2.10. The van der Waals surface area contributed by atoms with E-state index < -0.39 is 0 Å². The van der Waals surface area contributed by atoms with Gasteiger partial charge in [0.2, 0.25) is 0 Å². The van der Waals surface area contributed by atoms with E-state index in [0.717, 1.165) is 11.3 Å². The Morgan fingerprint density at radius 1 is 1.33 bits per heavy atom. The minimum Gasteiger partial charge on any atom is -0.377 e. The first-order valence-electron chi connectivity index (χ1n) is 5.58. The van der Waals surface area contributed by atoms with E-state index in [1.54, 1.807) is 24.5 Å². The molecule has 0 aliphatic rings. The van der Waals surface area contributed by atoms with Crippen LogP contribution < -0.4 is 5.32 Å². The van der Waals surface area contributed by atoms with Gasteiger partial charge in [-0.1, -0.05) is 12.1 Å². The molecule has 0 saturated carbocycles. The van der Waals surface area contributed by atoms with Crippen molar-refractivity contribution in [1.29, 1.82) is 0 Å². The summed E-state index contributed by atoms with van der Waals surface area (Å²) in [6, 6.07) is 10.3. The van der Waals surface area contributed by atoms with Crippen molar-refractivity contribution in [2.75, 3.05) is 5.32 Å². The summed E-state index contributed by atoms with van der Waals surface area (Å²) in [6.45, 7) is 1.95. The molecule has 0 aliphatic heterocycles. The van der Waals surface area contributed by atoms with E-state index in [1.807, 2.05) is 25.1 Å². The predicted molar refractivity (Wildman–Crippen MR) is 69.4 cm³/mol. The largest absolute Gasteiger partial charge is 0.377 e. The van der Waals surface area contributed by atoms with Gasteiger partial charge in [-0.25, -0.2) is 0 Å². The Balaban J connectivity index is 2.16. The highest BCUT2D eigenvalue weighted by molar-refractivity contribution is 5.44. The van der Waals surface area contributed by atoms with Crippen LogP contribution in [0.5, 0.6) is 0 Å². The highest BCUT2D eigenvalue weighted by atomic mass is 16.6. The van der Waals surface area contributed by atoms with Crippen LogP contribution in [0.1, 0.15) is 18.5 Å². The topological polar surface area (TPSA) is 68.1 Å². The number of nitrogens with one attached hydrogen (secondary N) is 1. The minimum absolute atomic E-state index is 0.0194. The van der Waals surface area contributed by atoms with Gasteiger partial charge < -0.3 is 5.32 Å². The van der Waals surface area contributed by atoms with Gasteiger partial charge in [0.1, 0.15) is 0 Å².